The first-order valence-electron chi connectivity index (χ1n) is 6.83. The van der Waals surface area contributed by atoms with Crippen molar-refractivity contribution in [1.82, 2.24) is 5.32 Å². The maximum absolute atomic E-state index is 12.9. The van der Waals surface area contributed by atoms with Crippen molar-refractivity contribution >= 4 is 11.6 Å². The third kappa shape index (κ3) is 3.46. The zero-order chi connectivity index (χ0) is 13.9. The van der Waals surface area contributed by atoms with E-state index in [1.54, 1.807) is 0 Å². The summed E-state index contributed by atoms with van der Waals surface area (Å²) < 4.78 is 12.9. The highest BCUT2D eigenvalue weighted by Crippen LogP contribution is 2.35. The number of rotatable bonds is 3. The van der Waals surface area contributed by atoms with Crippen LogP contribution in [-0.4, -0.2) is 12.5 Å². The second-order valence-electron chi connectivity index (χ2n) is 5.79. The SMILES string of the molecule is CC1(CNC(=O)c2ccc(F)cc2N)CCCCC1. The first-order valence-corrected chi connectivity index (χ1v) is 6.83. The molecule has 1 aliphatic rings. The van der Waals surface area contributed by atoms with Crippen LogP contribution in [0.3, 0.4) is 0 Å². The van der Waals surface area contributed by atoms with Crippen LogP contribution in [0.4, 0.5) is 10.1 Å². The average molecular weight is 264 g/mol. The van der Waals surface area contributed by atoms with Gasteiger partial charge in [0.05, 0.1) is 5.56 Å². The molecule has 104 valence electrons. The summed E-state index contributed by atoms with van der Waals surface area (Å²) in [7, 11) is 0. The number of nitrogen functional groups attached to an aromatic ring is 1. The van der Waals surface area contributed by atoms with E-state index in [-0.39, 0.29) is 17.0 Å². The maximum Gasteiger partial charge on any atom is 0.253 e. The van der Waals surface area contributed by atoms with E-state index in [0.717, 1.165) is 12.8 Å². The minimum absolute atomic E-state index is 0.183. The van der Waals surface area contributed by atoms with Gasteiger partial charge in [-0.05, 0) is 36.5 Å². The van der Waals surface area contributed by atoms with Gasteiger partial charge >= 0.3 is 0 Å². The lowest BCUT2D eigenvalue weighted by molar-refractivity contribution is 0.0920. The van der Waals surface area contributed by atoms with Crippen LogP contribution in [0.1, 0.15) is 49.4 Å². The van der Waals surface area contributed by atoms with E-state index < -0.39 is 5.82 Å². The average Bonchev–Trinajstić information content (AvgIpc) is 2.37. The molecular weight excluding hydrogens is 243 g/mol. The molecule has 0 heterocycles. The first kappa shape index (κ1) is 13.8. The van der Waals surface area contributed by atoms with Gasteiger partial charge in [-0.25, -0.2) is 4.39 Å². The monoisotopic (exact) mass is 264 g/mol. The van der Waals surface area contributed by atoms with Crippen LogP contribution in [0.15, 0.2) is 18.2 Å². The molecule has 0 bridgehead atoms. The van der Waals surface area contributed by atoms with Gasteiger partial charge in [0.15, 0.2) is 0 Å². The molecule has 3 nitrogen and oxygen atoms in total. The van der Waals surface area contributed by atoms with Gasteiger partial charge in [-0.1, -0.05) is 26.2 Å². The summed E-state index contributed by atoms with van der Waals surface area (Å²) in [6.45, 7) is 2.86. The minimum atomic E-state index is -0.423. The summed E-state index contributed by atoms with van der Waals surface area (Å²) in [6.07, 6.45) is 6.03. The van der Waals surface area contributed by atoms with Gasteiger partial charge in [-0.3, -0.25) is 4.79 Å². The molecule has 0 spiro atoms. The van der Waals surface area contributed by atoms with Gasteiger partial charge in [-0.2, -0.15) is 0 Å². The number of amides is 1. The van der Waals surface area contributed by atoms with Crippen LogP contribution in [0, 0.1) is 11.2 Å². The van der Waals surface area contributed by atoms with Crippen LogP contribution in [0.25, 0.3) is 0 Å². The van der Waals surface area contributed by atoms with Crippen LogP contribution in [0.5, 0.6) is 0 Å². The van der Waals surface area contributed by atoms with Crippen molar-refractivity contribution in [3.63, 3.8) is 0 Å². The minimum Gasteiger partial charge on any atom is -0.398 e. The van der Waals surface area contributed by atoms with Crippen LogP contribution >= 0.6 is 0 Å². The van der Waals surface area contributed by atoms with Gasteiger partial charge in [0.2, 0.25) is 0 Å². The normalized spacial score (nSPS) is 18.0. The Morgan fingerprint density at radius 1 is 1.37 bits per heavy atom. The van der Waals surface area contributed by atoms with Gasteiger partial charge in [0.1, 0.15) is 5.82 Å². The molecule has 0 aromatic heterocycles. The van der Waals surface area contributed by atoms with Crippen molar-refractivity contribution in [2.24, 2.45) is 5.41 Å². The number of nitrogens with two attached hydrogens (primary N) is 1. The number of carbonyl (C=O) groups excluding carboxylic acids is 1. The molecule has 1 aromatic rings. The van der Waals surface area contributed by atoms with E-state index in [1.807, 2.05) is 0 Å². The topological polar surface area (TPSA) is 55.1 Å². The number of carbonyl (C=O) groups is 1. The Morgan fingerprint density at radius 2 is 2.05 bits per heavy atom. The van der Waals surface area contributed by atoms with E-state index in [1.165, 1.54) is 37.5 Å². The smallest absolute Gasteiger partial charge is 0.253 e. The number of hydrogen-bond donors (Lipinski definition) is 2. The van der Waals surface area contributed by atoms with Crippen molar-refractivity contribution in [3.05, 3.63) is 29.6 Å². The third-order valence-corrected chi connectivity index (χ3v) is 3.99. The number of hydrogen-bond acceptors (Lipinski definition) is 2. The van der Waals surface area contributed by atoms with Crippen molar-refractivity contribution < 1.29 is 9.18 Å². The van der Waals surface area contributed by atoms with Crippen molar-refractivity contribution in [2.45, 2.75) is 39.0 Å². The molecule has 4 heteroatoms. The second kappa shape index (κ2) is 5.59. The number of nitrogens with one attached hydrogen (secondary N) is 1. The molecular formula is C15H21FN2O. The fourth-order valence-electron chi connectivity index (χ4n) is 2.71. The Morgan fingerprint density at radius 3 is 2.68 bits per heavy atom. The number of halogens is 1. The molecule has 0 saturated heterocycles. The van der Waals surface area contributed by atoms with E-state index >= 15 is 0 Å². The molecule has 2 rings (SSSR count). The molecule has 1 saturated carbocycles. The highest BCUT2D eigenvalue weighted by molar-refractivity contribution is 5.99. The Kier molecular flexibility index (Phi) is 4.08. The fourth-order valence-corrected chi connectivity index (χ4v) is 2.71. The summed E-state index contributed by atoms with van der Waals surface area (Å²) in [6, 6.07) is 3.87. The van der Waals surface area contributed by atoms with Crippen LogP contribution in [-0.2, 0) is 0 Å². The van der Waals surface area contributed by atoms with E-state index in [9.17, 15) is 9.18 Å². The van der Waals surface area contributed by atoms with Crippen molar-refractivity contribution in [2.75, 3.05) is 12.3 Å². The zero-order valence-electron chi connectivity index (χ0n) is 11.3. The Hall–Kier alpha value is -1.58. The van der Waals surface area contributed by atoms with Gasteiger partial charge in [-0.15, -0.1) is 0 Å². The molecule has 0 atom stereocenters. The summed E-state index contributed by atoms with van der Waals surface area (Å²) >= 11 is 0. The molecule has 19 heavy (non-hydrogen) atoms. The highest BCUT2D eigenvalue weighted by Gasteiger charge is 2.27. The number of anilines is 1. The van der Waals surface area contributed by atoms with Crippen molar-refractivity contribution in [3.8, 4) is 0 Å². The molecule has 0 unspecified atom stereocenters. The molecule has 1 fully saturated rings. The van der Waals surface area contributed by atoms with Crippen LogP contribution in [0.2, 0.25) is 0 Å². The predicted molar refractivity (Wildman–Crippen MR) is 74.3 cm³/mol. The summed E-state index contributed by atoms with van der Waals surface area (Å²) in [4.78, 5) is 12.0. The second-order valence-corrected chi connectivity index (χ2v) is 5.79. The molecule has 0 radical (unpaired) electrons. The third-order valence-electron chi connectivity index (χ3n) is 3.99. The lowest BCUT2D eigenvalue weighted by Gasteiger charge is -2.33. The molecule has 3 N–H and O–H groups in total. The lowest BCUT2D eigenvalue weighted by Crippen LogP contribution is -2.37. The molecule has 0 aliphatic heterocycles. The van der Waals surface area contributed by atoms with E-state index in [2.05, 4.69) is 12.2 Å². The molecule has 1 amide bonds. The van der Waals surface area contributed by atoms with Gasteiger partial charge in [0.25, 0.3) is 5.91 Å². The number of benzene rings is 1. The van der Waals surface area contributed by atoms with Crippen LogP contribution < -0.4 is 11.1 Å². The summed E-state index contributed by atoms with van der Waals surface area (Å²) in [5, 5.41) is 2.93. The van der Waals surface area contributed by atoms with Gasteiger partial charge < -0.3 is 11.1 Å². The van der Waals surface area contributed by atoms with Gasteiger partial charge in [0, 0.05) is 12.2 Å². The molecule has 1 aliphatic carbocycles. The Balaban J connectivity index is 1.97. The standard InChI is InChI=1S/C15H21FN2O/c1-15(7-3-2-4-8-15)10-18-14(19)12-6-5-11(16)9-13(12)17/h5-6,9H,2-4,7-8,10,17H2,1H3,(H,18,19). The quantitative estimate of drug-likeness (QED) is 0.824. The zero-order valence-corrected chi connectivity index (χ0v) is 11.3. The largest absolute Gasteiger partial charge is 0.398 e. The van der Waals surface area contributed by atoms with E-state index in [0.29, 0.717) is 12.1 Å². The van der Waals surface area contributed by atoms with Crippen molar-refractivity contribution in [1.29, 1.82) is 0 Å². The summed E-state index contributed by atoms with van der Waals surface area (Å²) in [5.74, 6) is -0.641. The fraction of sp³-hybridized carbons (Fsp3) is 0.533. The predicted octanol–water partition coefficient (Wildman–Crippen LogP) is 3.11. The summed E-state index contributed by atoms with van der Waals surface area (Å²) in [5.41, 5.74) is 6.38. The highest BCUT2D eigenvalue weighted by atomic mass is 19.1. The Bertz CT molecular complexity index is 467. The maximum atomic E-state index is 12.9. The first-order chi connectivity index (χ1) is 9.00. The molecule has 1 aromatic carbocycles. The Labute approximate surface area is 113 Å². The van der Waals surface area contributed by atoms with E-state index in [4.69, 9.17) is 5.73 Å². The lowest BCUT2D eigenvalue weighted by atomic mass is 9.76.